The van der Waals surface area contributed by atoms with E-state index in [0.717, 1.165) is 22.3 Å². The molecule has 2 aromatic carbocycles. The molecule has 0 spiro atoms. The summed E-state index contributed by atoms with van der Waals surface area (Å²) < 4.78 is 7.58. The number of para-hydroxylation sites is 1. The predicted octanol–water partition coefficient (Wildman–Crippen LogP) is 3.02. The lowest BCUT2D eigenvalue weighted by Gasteiger charge is -2.04. The second-order valence-corrected chi connectivity index (χ2v) is 4.51. The molecule has 0 fully saturated rings. The topological polar surface area (TPSA) is 50.8 Å². The van der Waals surface area contributed by atoms with Gasteiger partial charge in [-0.3, -0.25) is 4.68 Å². The molecule has 1 aromatic heterocycles. The number of ether oxygens (including phenoxy) is 1. The number of hydrogen-bond donors (Lipinski definition) is 0. The van der Waals surface area contributed by atoms with Crippen LogP contribution in [0.15, 0.2) is 48.5 Å². The highest BCUT2D eigenvalue weighted by atomic mass is 16.5. The first-order valence-electron chi connectivity index (χ1n) is 6.31. The van der Waals surface area contributed by atoms with Gasteiger partial charge in [-0.1, -0.05) is 18.2 Å². The van der Waals surface area contributed by atoms with E-state index in [1.165, 1.54) is 0 Å². The van der Waals surface area contributed by atoms with Gasteiger partial charge in [0, 0.05) is 12.4 Å². The first-order chi connectivity index (χ1) is 9.78. The molecule has 20 heavy (non-hydrogen) atoms. The van der Waals surface area contributed by atoms with Crippen LogP contribution in [0.1, 0.15) is 11.3 Å². The van der Waals surface area contributed by atoms with Crippen LogP contribution >= 0.6 is 0 Å². The van der Waals surface area contributed by atoms with Crippen molar-refractivity contribution < 1.29 is 4.74 Å². The minimum absolute atomic E-state index is 0.410. The van der Waals surface area contributed by atoms with Gasteiger partial charge in [0.2, 0.25) is 0 Å². The largest absolute Gasteiger partial charge is 0.487 e. The molecule has 0 bridgehead atoms. The summed E-state index contributed by atoms with van der Waals surface area (Å²) in [6.07, 6.45) is 0. The summed E-state index contributed by atoms with van der Waals surface area (Å²) >= 11 is 0. The highest BCUT2D eigenvalue weighted by Gasteiger charge is 2.08. The molecular formula is C16H13N3O. The molecule has 0 aliphatic rings. The summed E-state index contributed by atoms with van der Waals surface area (Å²) in [5.74, 6) is 0.735. The Bertz CT molecular complexity index is 782. The van der Waals surface area contributed by atoms with Gasteiger partial charge in [-0.25, -0.2) is 0 Å². The maximum absolute atomic E-state index is 8.75. The third kappa shape index (κ3) is 2.21. The van der Waals surface area contributed by atoms with Crippen molar-refractivity contribution in [1.29, 1.82) is 5.26 Å². The lowest BCUT2D eigenvalue weighted by Crippen LogP contribution is -1.98. The fraction of sp³-hybridized carbons (Fsp3) is 0.125. The van der Waals surface area contributed by atoms with Crippen molar-refractivity contribution in [1.82, 2.24) is 9.78 Å². The lowest BCUT2D eigenvalue weighted by molar-refractivity contribution is 0.301. The molecule has 1 heterocycles. The minimum Gasteiger partial charge on any atom is -0.487 e. The van der Waals surface area contributed by atoms with E-state index in [9.17, 15) is 0 Å². The van der Waals surface area contributed by atoms with Crippen LogP contribution in [0.4, 0.5) is 0 Å². The molecule has 0 aliphatic heterocycles. The summed E-state index contributed by atoms with van der Waals surface area (Å²) in [5.41, 5.74) is 2.62. The molecule has 3 aromatic rings. The van der Waals surface area contributed by atoms with Crippen molar-refractivity contribution in [3.63, 3.8) is 0 Å². The number of hydrogen-bond acceptors (Lipinski definition) is 3. The molecule has 98 valence electrons. The SMILES string of the molecule is Cn1nc(COc2ccc(C#N)cc2)c2ccccc21. The van der Waals surface area contributed by atoms with Crippen molar-refractivity contribution in [2.24, 2.45) is 7.05 Å². The zero-order valence-electron chi connectivity index (χ0n) is 11.1. The van der Waals surface area contributed by atoms with E-state index in [0.29, 0.717) is 12.2 Å². The smallest absolute Gasteiger partial charge is 0.133 e. The molecule has 0 atom stereocenters. The zero-order chi connectivity index (χ0) is 13.9. The Hall–Kier alpha value is -2.80. The molecule has 0 saturated heterocycles. The fourth-order valence-electron chi connectivity index (χ4n) is 2.17. The Morgan fingerprint density at radius 2 is 1.90 bits per heavy atom. The van der Waals surface area contributed by atoms with E-state index in [1.54, 1.807) is 24.3 Å². The van der Waals surface area contributed by atoms with Gasteiger partial charge in [0.1, 0.15) is 18.1 Å². The van der Waals surface area contributed by atoms with E-state index >= 15 is 0 Å². The number of rotatable bonds is 3. The van der Waals surface area contributed by atoms with Crippen LogP contribution in [0.25, 0.3) is 10.9 Å². The van der Waals surface area contributed by atoms with Gasteiger partial charge in [0.15, 0.2) is 0 Å². The first kappa shape index (κ1) is 12.2. The number of aryl methyl sites for hydroxylation is 1. The van der Waals surface area contributed by atoms with Crippen LogP contribution in [-0.4, -0.2) is 9.78 Å². The average Bonchev–Trinajstić information content (AvgIpc) is 2.83. The standard InChI is InChI=1S/C16H13N3O/c1-19-16-5-3-2-4-14(16)15(18-19)11-20-13-8-6-12(10-17)7-9-13/h2-9H,11H2,1H3. The molecule has 0 aliphatic carbocycles. The van der Waals surface area contributed by atoms with Gasteiger partial charge >= 0.3 is 0 Å². The van der Waals surface area contributed by atoms with Crippen LogP contribution in [0.5, 0.6) is 5.75 Å². The van der Waals surface area contributed by atoms with E-state index < -0.39 is 0 Å². The third-order valence-corrected chi connectivity index (χ3v) is 3.19. The van der Waals surface area contributed by atoms with Gasteiger partial charge in [-0.15, -0.1) is 0 Å². The summed E-state index contributed by atoms with van der Waals surface area (Å²) in [5, 5.41) is 14.3. The molecule has 0 N–H and O–H groups in total. The molecule has 0 radical (unpaired) electrons. The Morgan fingerprint density at radius 1 is 1.15 bits per heavy atom. The Kier molecular flexibility index (Phi) is 3.10. The van der Waals surface area contributed by atoms with Crippen LogP contribution in [-0.2, 0) is 13.7 Å². The van der Waals surface area contributed by atoms with Gasteiger partial charge in [-0.2, -0.15) is 10.4 Å². The van der Waals surface area contributed by atoms with Crippen LogP contribution in [0.2, 0.25) is 0 Å². The van der Waals surface area contributed by atoms with Crippen molar-refractivity contribution in [2.45, 2.75) is 6.61 Å². The molecule has 4 nitrogen and oxygen atoms in total. The Morgan fingerprint density at radius 3 is 2.65 bits per heavy atom. The fourth-order valence-corrected chi connectivity index (χ4v) is 2.17. The molecular weight excluding hydrogens is 250 g/mol. The summed E-state index contributed by atoms with van der Waals surface area (Å²) in [4.78, 5) is 0. The monoisotopic (exact) mass is 263 g/mol. The van der Waals surface area contributed by atoms with E-state index in [-0.39, 0.29) is 0 Å². The minimum atomic E-state index is 0.410. The summed E-state index contributed by atoms with van der Waals surface area (Å²) in [7, 11) is 1.92. The second kappa shape index (κ2) is 5.06. The predicted molar refractivity (Wildman–Crippen MR) is 76.2 cm³/mol. The van der Waals surface area contributed by atoms with Crippen molar-refractivity contribution in [3.05, 3.63) is 59.8 Å². The van der Waals surface area contributed by atoms with Crippen molar-refractivity contribution >= 4 is 10.9 Å². The zero-order valence-corrected chi connectivity index (χ0v) is 11.1. The average molecular weight is 263 g/mol. The van der Waals surface area contributed by atoms with Crippen LogP contribution in [0.3, 0.4) is 0 Å². The van der Waals surface area contributed by atoms with E-state index in [1.807, 2.05) is 36.0 Å². The Labute approximate surface area is 116 Å². The normalized spacial score (nSPS) is 10.4. The van der Waals surface area contributed by atoms with Crippen molar-refractivity contribution in [3.8, 4) is 11.8 Å². The number of nitrogens with zero attached hydrogens (tertiary/aromatic N) is 3. The number of aromatic nitrogens is 2. The summed E-state index contributed by atoms with van der Waals surface area (Å²) in [6, 6.07) is 17.2. The van der Waals surface area contributed by atoms with E-state index in [2.05, 4.69) is 11.2 Å². The maximum Gasteiger partial charge on any atom is 0.133 e. The van der Waals surface area contributed by atoms with Gasteiger partial charge in [0.25, 0.3) is 0 Å². The number of fused-ring (bicyclic) bond motifs is 1. The van der Waals surface area contributed by atoms with Crippen LogP contribution < -0.4 is 4.74 Å². The maximum atomic E-state index is 8.75. The summed E-state index contributed by atoms with van der Waals surface area (Å²) in [6.45, 7) is 0.410. The second-order valence-electron chi connectivity index (χ2n) is 4.51. The molecule has 3 rings (SSSR count). The van der Waals surface area contributed by atoms with Gasteiger partial charge in [0.05, 0.1) is 17.1 Å². The van der Waals surface area contributed by atoms with E-state index in [4.69, 9.17) is 10.00 Å². The molecule has 0 unspecified atom stereocenters. The molecule has 4 heteroatoms. The lowest BCUT2D eigenvalue weighted by atomic mass is 10.2. The number of nitriles is 1. The third-order valence-electron chi connectivity index (χ3n) is 3.19. The van der Waals surface area contributed by atoms with Crippen molar-refractivity contribution in [2.75, 3.05) is 0 Å². The highest BCUT2D eigenvalue weighted by Crippen LogP contribution is 2.20. The highest BCUT2D eigenvalue weighted by molar-refractivity contribution is 5.81. The van der Waals surface area contributed by atoms with Gasteiger partial charge < -0.3 is 4.74 Å². The van der Waals surface area contributed by atoms with Crippen LogP contribution in [0, 0.1) is 11.3 Å². The first-order valence-corrected chi connectivity index (χ1v) is 6.31. The molecule has 0 saturated carbocycles. The Balaban J connectivity index is 1.81. The van der Waals surface area contributed by atoms with Gasteiger partial charge in [-0.05, 0) is 30.3 Å². The molecule has 0 amide bonds. The number of benzene rings is 2. The quantitative estimate of drug-likeness (QED) is 0.729.